The molecule has 1 fully saturated rings. The SMILES string of the molecule is CNCC1CCN(CCOc2ccc(Cl)cc2Br)CC1. The van der Waals surface area contributed by atoms with Crippen molar-refractivity contribution in [2.24, 2.45) is 5.92 Å². The Morgan fingerprint density at radius 2 is 2.15 bits per heavy atom. The lowest BCUT2D eigenvalue weighted by Crippen LogP contribution is -2.38. The summed E-state index contributed by atoms with van der Waals surface area (Å²) in [5, 5.41) is 3.99. The molecular weight excluding hydrogens is 340 g/mol. The van der Waals surface area contributed by atoms with E-state index in [1.54, 1.807) is 0 Å². The fourth-order valence-electron chi connectivity index (χ4n) is 2.58. The van der Waals surface area contributed by atoms with Gasteiger partial charge in [-0.15, -0.1) is 0 Å². The minimum absolute atomic E-state index is 0.718. The van der Waals surface area contributed by atoms with Crippen molar-refractivity contribution in [3.8, 4) is 5.75 Å². The number of nitrogens with zero attached hydrogens (tertiary/aromatic N) is 1. The normalized spacial score (nSPS) is 17.4. The summed E-state index contributed by atoms with van der Waals surface area (Å²) >= 11 is 9.38. The van der Waals surface area contributed by atoms with Crippen LogP contribution in [-0.2, 0) is 0 Å². The third kappa shape index (κ3) is 4.92. The standard InChI is InChI=1S/C15H22BrClN2O/c1-18-11-12-4-6-19(7-5-12)8-9-20-15-3-2-13(17)10-14(15)16/h2-3,10,12,18H,4-9,11H2,1H3. The molecule has 0 spiro atoms. The number of piperidine rings is 1. The average molecular weight is 362 g/mol. The van der Waals surface area contributed by atoms with Crippen LogP contribution in [0.15, 0.2) is 22.7 Å². The third-order valence-corrected chi connectivity index (χ3v) is 4.61. The number of nitrogens with one attached hydrogen (secondary N) is 1. The molecule has 20 heavy (non-hydrogen) atoms. The van der Waals surface area contributed by atoms with Crippen LogP contribution in [0.5, 0.6) is 5.75 Å². The van der Waals surface area contributed by atoms with E-state index in [-0.39, 0.29) is 0 Å². The van der Waals surface area contributed by atoms with Gasteiger partial charge in [-0.25, -0.2) is 0 Å². The molecule has 1 aromatic carbocycles. The summed E-state index contributed by atoms with van der Waals surface area (Å²) < 4.78 is 6.72. The van der Waals surface area contributed by atoms with E-state index in [1.807, 2.05) is 25.2 Å². The summed E-state index contributed by atoms with van der Waals surface area (Å²) in [6, 6.07) is 5.62. The molecule has 0 aliphatic carbocycles. The van der Waals surface area contributed by atoms with E-state index in [9.17, 15) is 0 Å². The Morgan fingerprint density at radius 3 is 2.80 bits per heavy atom. The first kappa shape index (κ1) is 16.1. The van der Waals surface area contributed by atoms with E-state index in [2.05, 4.69) is 26.1 Å². The molecule has 0 aromatic heterocycles. The van der Waals surface area contributed by atoms with E-state index in [0.717, 1.165) is 40.9 Å². The zero-order valence-electron chi connectivity index (χ0n) is 11.9. The Hall–Kier alpha value is -0.290. The van der Waals surface area contributed by atoms with Gasteiger partial charge >= 0.3 is 0 Å². The molecular formula is C15H22BrClN2O. The molecule has 3 nitrogen and oxygen atoms in total. The van der Waals surface area contributed by atoms with Crippen LogP contribution in [-0.4, -0.2) is 44.7 Å². The van der Waals surface area contributed by atoms with Crippen LogP contribution >= 0.6 is 27.5 Å². The summed E-state index contributed by atoms with van der Waals surface area (Å²) in [5.41, 5.74) is 0. The van der Waals surface area contributed by atoms with Crippen LogP contribution in [0.1, 0.15) is 12.8 Å². The van der Waals surface area contributed by atoms with Crippen molar-refractivity contribution in [2.45, 2.75) is 12.8 Å². The maximum atomic E-state index is 5.91. The lowest BCUT2D eigenvalue weighted by atomic mass is 9.97. The zero-order chi connectivity index (χ0) is 14.4. The van der Waals surface area contributed by atoms with Gasteiger partial charge in [0.1, 0.15) is 12.4 Å². The number of likely N-dealkylation sites (tertiary alicyclic amines) is 1. The second-order valence-electron chi connectivity index (χ2n) is 5.27. The van der Waals surface area contributed by atoms with Gasteiger partial charge in [0.15, 0.2) is 0 Å². The molecule has 0 saturated carbocycles. The molecule has 1 N–H and O–H groups in total. The number of rotatable bonds is 6. The summed E-state index contributed by atoms with van der Waals surface area (Å²) in [4.78, 5) is 2.48. The predicted molar refractivity (Wildman–Crippen MR) is 87.7 cm³/mol. The quantitative estimate of drug-likeness (QED) is 0.840. The van der Waals surface area contributed by atoms with Crippen LogP contribution in [0.25, 0.3) is 0 Å². The number of hydrogen-bond acceptors (Lipinski definition) is 3. The highest BCUT2D eigenvalue weighted by Gasteiger charge is 2.18. The second kappa shape index (κ2) is 8.23. The fourth-order valence-corrected chi connectivity index (χ4v) is 3.38. The summed E-state index contributed by atoms with van der Waals surface area (Å²) in [7, 11) is 2.03. The van der Waals surface area contributed by atoms with Crippen molar-refractivity contribution in [3.63, 3.8) is 0 Å². The monoisotopic (exact) mass is 360 g/mol. The van der Waals surface area contributed by atoms with E-state index in [0.29, 0.717) is 0 Å². The van der Waals surface area contributed by atoms with Gasteiger partial charge in [0.25, 0.3) is 0 Å². The number of ether oxygens (including phenoxy) is 1. The van der Waals surface area contributed by atoms with Gasteiger partial charge in [-0.3, -0.25) is 4.90 Å². The molecule has 1 aliphatic heterocycles. The molecule has 0 bridgehead atoms. The van der Waals surface area contributed by atoms with Crippen LogP contribution in [0, 0.1) is 5.92 Å². The summed E-state index contributed by atoms with van der Waals surface area (Å²) in [6.45, 7) is 5.20. The maximum absolute atomic E-state index is 5.91. The molecule has 0 atom stereocenters. The number of benzene rings is 1. The second-order valence-corrected chi connectivity index (χ2v) is 6.56. The first-order valence-electron chi connectivity index (χ1n) is 7.14. The molecule has 1 aliphatic rings. The molecule has 0 amide bonds. The lowest BCUT2D eigenvalue weighted by Gasteiger charge is -2.31. The van der Waals surface area contributed by atoms with Gasteiger partial charge in [-0.05, 0) is 79.6 Å². The van der Waals surface area contributed by atoms with Gasteiger partial charge in [0.05, 0.1) is 4.47 Å². The molecule has 1 saturated heterocycles. The number of halogens is 2. The molecule has 5 heteroatoms. The molecule has 0 unspecified atom stereocenters. The largest absolute Gasteiger partial charge is 0.491 e. The zero-order valence-corrected chi connectivity index (χ0v) is 14.2. The highest BCUT2D eigenvalue weighted by Crippen LogP contribution is 2.28. The van der Waals surface area contributed by atoms with Gasteiger partial charge in [0.2, 0.25) is 0 Å². The summed E-state index contributed by atoms with van der Waals surface area (Å²) in [6.07, 6.45) is 2.57. The first-order chi connectivity index (χ1) is 9.69. The minimum atomic E-state index is 0.718. The highest BCUT2D eigenvalue weighted by molar-refractivity contribution is 9.10. The lowest BCUT2D eigenvalue weighted by molar-refractivity contribution is 0.154. The highest BCUT2D eigenvalue weighted by atomic mass is 79.9. The average Bonchev–Trinajstić information content (AvgIpc) is 2.43. The molecule has 112 valence electrons. The van der Waals surface area contributed by atoms with Crippen LogP contribution < -0.4 is 10.1 Å². The van der Waals surface area contributed by atoms with Crippen molar-refractivity contribution in [1.82, 2.24) is 10.2 Å². The predicted octanol–water partition coefficient (Wildman–Crippen LogP) is 3.41. The molecule has 2 rings (SSSR count). The Labute approximate surface area is 134 Å². The minimum Gasteiger partial charge on any atom is -0.491 e. The molecule has 0 radical (unpaired) electrons. The van der Waals surface area contributed by atoms with Gasteiger partial charge < -0.3 is 10.1 Å². The molecule has 1 aromatic rings. The van der Waals surface area contributed by atoms with Gasteiger partial charge in [-0.1, -0.05) is 11.6 Å². The van der Waals surface area contributed by atoms with Crippen molar-refractivity contribution in [1.29, 1.82) is 0 Å². The molecule has 1 heterocycles. The summed E-state index contributed by atoms with van der Waals surface area (Å²) in [5.74, 6) is 1.70. The Morgan fingerprint density at radius 1 is 1.40 bits per heavy atom. The van der Waals surface area contributed by atoms with E-state index in [4.69, 9.17) is 16.3 Å². The Kier molecular flexibility index (Phi) is 6.62. The van der Waals surface area contributed by atoms with Gasteiger partial charge in [0, 0.05) is 11.6 Å². The van der Waals surface area contributed by atoms with E-state index < -0.39 is 0 Å². The van der Waals surface area contributed by atoms with Crippen LogP contribution in [0.3, 0.4) is 0 Å². The smallest absolute Gasteiger partial charge is 0.133 e. The Bertz CT molecular complexity index is 422. The Balaban J connectivity index is 1.69. The topological polar surface area (TPSA) is 24.5 Å². The first-order valence-corrected chi connectivity index (χ1v) is 8.31. The van der Waals surface area contributed by atoms with Crippen molar-refractivity contribution in [2.75, 3.05) is 39.8 Å². The van der Waals surface area contributed by atoms with Crippen molar-refractivity contribution < 1.29 is 4.74 Å². The van der Waals surface area contributed by atoms with E-state index >= 15 is 0 Å². The van der Waals surface area contributed by atoms with Crippen molar-refractivity contribution in [3.05, 3.63) is 27.7 Å². The van der Waals surface area contributed by atoms with Gasteiger partial charge in [-0.2, -0.15) is 0 Å². The maximum Gasteiger partial charge on any atom is 0.133 e. The van der Waals surface area contributed by atoms with Crippen LogP contribution in [0.4, 0.5) is 0 Å². The fraction of sp³-hybridized carbons (Fsp3) is 0.600. The van der Waals surface area contributed by atoms with E-state index in [1.165, 1.54) is 25.9 Å². The van der Waals surface area contributed by atoms with Crippen molar-refractivity contribution >= 4 is 27.5 Å². The third-order valence-electron chi connectivity index (χ3n) is 3.76. The number of hydrogen-bond donors (Lipinski definition) is 1. The van der Waals surface area contributed by atoms with Crippen LogP contribution in [0.2, 0.25) is 5.02 Å².